The molecule has 5 heterocycles. The highest BCUT2D eigenvalue weighted by Gasteiger charge is 2.23. The van der Waals surface area contributed by atoms with Crippen molar-refractivity contribution < 1.29 is 0 Å². The Hall–Kier alpha value is -9.53. The summed E-state index contributed by atoms with van der Waals surface area (Å²) in [4.78, 5) is 16.0. The van der Waals surface area contributed by atoms with Crippen molar-refractivity contribution in [3.8, 4) is 67.8 Å². The molecule has 0 atom stereocenters. The fourth-order valence-corrected chi connectivity index (χ4v) is 14.1. The molecule has 0 N–H and O–H groups in total. The van der Waals surface area contributed by atoms with Gasteiger partial charge < -0.3 is 9.13 Å². The summed E-state index contributed by atoms with van der Waals surface area (Å²) in [5, 5.41) is 9.88. The molecule has 354 valence electrons. The fraction of sp³-hybridized carbons (Fsp3) is 0. The number of hydrogen-bond acceptors (Lipinski definition) is 5. The Kier molecular flexibility index (Phi) is 9.61. The second-order valence-corrected chi connectivity index (χ2v) is 21.6. The topological polar surface area (TPSA) is 48.5 Å². The van der Waals surface area contributed by atoms with Gasteiger partial charge in [0.1, 0.15) is 0 Å². The minimum Gasteiger partial charge on any atom is -0.309 e. The monoisotopic (exact) mass is 1000 g/mol. The third kappa shape index (κ3) is 6.66. The van der Waals surface area contributed by atoms with Crippen molar-refractivity contribution in [2.24, 2.45) is 0 Å². The van der Waals surface area contributed by atoms with Gasteiger partial charge in [0.05, 0.1) is 22.1 Å². The molecule has 0 unspecified atom stereocenters. The minimum atomic E-state index is 0.618. The van der Waals surface area contributed by atoms with Crippen molar-refractivity contribution in [3.63, 3.8) is 0 Å². The van der Waals surface area contributed by atoms with Gasteiger partial charge in [-0.2, -0.15) is 0 Å². The average Bonchev–Trinajstić information content (AvgIpc) is 4.41. The third-order valence-corrected chi connectivity index (χ3v) is 17.4. The number of benzene rings is 11. The minimum absolute atomic E-state index is 0.618. The van der Waals surface area contributed by atoms with E-state index in [-0.39, 0.29) is 0 Å². The van der Waals surface area contributed by atoms with E-state index in [0.717, 1.165) is 44.8 Å². The second-order valence-electron chi connectivity index (χ2n) is 19.5. The van der Waals surface area contributed by atoms with Crippen molar-refractivity contribution in [1.82, 2.24) is 24.1 Å². The number of fused-ring (bicyclic) bond motifs is 12. The van der Waals surface area contributed by atoms with Gasteiger partial charge in [0.2, 0.25) is 0 Å². The van der Waals surface area contributed by atoms with Crippen LogP contribution in [0.1, 0.15) is 0 Å². The first-order valence-corrected chi connectivity index (χ1v) is 27.2. The molecule has 0 fully saturated rings. The van der Waals surface area contributed by atoms with Gasteiger partial charge in [0.25, 0.3) is 0 Å². The second kappa shape index (κ2) is 17.0. The zero-order valence-electron chi connectivity index (χ0n) is 40.7. The van der Waals surface area contributed by atoms with Crippen LogP contribution in [0.15, 0.2) is 249 Å². The van der Waals surface area contributed by atoms with Crippen LogP contribution in [0.5, 0.6) is 0 Å². The van der Waals surface area contributed by atoms with Gasteiger partial charge in [-0.15, -0.1) is 22.7 Å². The van der Waals surface area contributed by atoms with E-state index in [1.54, 1.807) is 0 Å². The lowest BCUT2D eigenvalue weighted by atomic mass is 9.90. The van der Waals surface area contributed by atoms with Crippen LogP contribution in [0, 0.1) is 0 Å². The summed E-state index contributed by atoms with van der Waals surface area (Å²) < 4.78 is 9.78. The highest BCUT2D eigenvalue weighted by Crippen LogP contribution is 2.49. The van der Waals surface area contributed by atoms with E-state index in [2.05, 4.69) is 221 Å². The highest BCUT2D eigenvalue weighted by molar-refractivity contribution is 7.26. The molecule has 76 heavy (non-hydrogen) atoms. The van der Waals surface area contributed by atoms with Gasteiger partial charge in [0, 0.05) is 90.0 Å². The molecule has 0 aliphatic heterocycles. The van der Waals surface area contributed by atoms with Crippen molar-refractivity contribution in [2.45, 2.75) is 0 Å². The summed E-state index contributed by atoms with van der Waals surface area (Å²) in [6.07, 6.45) is 0. The van der Waals surface area contributed by atoms with E-state index in [9.17, 15) is 0 Å². The number of rotatable bonds is 7. The highest BCUT2D eigenvalue weighted by atomic mass is 32.1. The molecule has 0 amide bonds. The molecule has 5 aromatic heterocycles. The maximum Gasteiger partial charge on any atom is 0.164 e. The molecule has 0 aliphatic carbocycles. The molecular formula is C69H41N5S2. The van der Waals surface area contributed by atoms with Crippen LogP contribution in [0.4, 0.5) is 0 Å². The quantitative estimate of drug-likeness (QED) is 0.160. The van der Waals surface area contributed by atoms with Crippen LogP contribution in [-0.2, 0) is 0 Å². The van der Waals surface area contributed by atoms with E-state index in [1.165, 1.54) is 89.5 Å². The Morgan fingerprint density at radius 1 is 0.250 bits per heavy atom. The lowest BCUT2D eigenvalue weighted by Crippen LogP contribution is -2.01. The van der Waals surface area contributed by atoms with Crippen molar-refractivity contribution in [2.75, 3.05) is 0 Å². The largest absolute Gasteiger partial charge is 0.309 e. The van der Waals surface area contributed by atoms with Crippen LogP contribution in [0.2, 0.25) is 0 Å². The zero-order valence-corrected chi connectivity index (χ0v) is 42.4. The molecule has 0 saturated heterocycles. The molecule has 5 nitrogen and oxygen atoms in total. The number of nitrogens with zero attached hydrogens (tertiary/aromatic N) is 5. The summed E-state index contributed by atoms with van der Waals surface area (Å²) in [5.74, 6) is 1.87. The standard InChI is InChI=1S/C69H41N5S2/c1-5-19-42(20-6-1)67-70-68(43-21-7-2-8-22-43)72-69(71-67)54-37-44(47-29-17-33-61-65(47)55-38-52-49-27-13-15-31-57(49)73(45-23-9-3-10-24-45)59(52)40-63(55)75-61)35-36-48(54)51-30-18-34-62-66(51)56-39-53-50-28-14-16-32-58(50)74(46-25-11-4-12-26-46)60(53)41-64(56)76-62/h1-41H. The predicted molar refractivity (Wildman–Crippen MR) is 321 cm³/mol. The normalized spacial score (nSPS) is 11.9. The van der Waals surface area contributed by atoms with Crippen LogP contribution in [-0.4, -0.2) is 24.1 Å². The number of thiophene rings is 2. The van der Waals surface area contributed by atoms with Gasteiger partial charge >= 0.3 is 0 Å². The lowest BCUT2D eigenvalue weighted by Gasteiger charge is -2.15. The maximum absolute atomic E-state index is 5.43. The van der Waals surface area contributed by atoms with Crippen molar-refractivity contribution >= 4 is 107 Å². The summed E-state index contributed by atoms with van der Waals surface area (Å²) in [5.41, 5.74) is 14.4. The van der Waals surface area contributed by atoms with Crippen LogP contribution in [0.25, 0.3) is 152 Å². The number of para-hydroxylation sites is 4. The van der Waals surface area contributed by atoms with Crippen LogP contribution >= 0.6 is 22.7 Å². The zero-order chi connectivity index (χ0) is 49.8. The molecule has 0 aliphatic rings. The molecule has 0 spiro atoms. The maximum atomic E-state index is 5.43. The first kappa shape index (κ1) is 42.9. The van der Waals surface area contributed by atoms with Crippen LogP contribution < -0.4 is 0 Å². The van der Waals surface area contributed by atoms with E-state index in [1.807, 2.05) is 59.1 Å². The fourth-order valence-electron chi connectivity index (χ4n) is 11.8. The Labute approximate surface area is 444 Å². The molecular weight excluding hydrogens is 963 g/mol. The van der Waals surface area contributed by atoms with Crippen molar-refractivity contribution in [1.29, 1.82) is 0 Å². The number of aromatic nitrogens is 5. The summed E-state index contributed by atoms with van der Waals surface area (Å²) in [6, 6.07) is 89.7. The van der Waals surface area contributed by atoms with Crippen molar-refractivity contribution in [3.05, 3.63) is 249 Å². The van der Waals surface area contributed by atoms with Gasteiger partial charge in [-0.1, -0.05) is 170 Å². The molecule has 16 aromatic rings. The summed E-state index contributed by atoms with van der Waals surface area (Å²) in [6.45, 7) is 0. The molecule has 0 saturated carbocycles. The van der Waals surface area contributed by atoms with Gasteiger partial charge in [-0.05, 0) is 101 Å². The number of hydrogen-bond donors (Lipinski definition) is 0. The van der Waals surface area contributed by atoms with Gasteiger partial charge in [-0.3, -0.25) is 0 Å². The third-order valence-electron chi connectivity index (χ3n) is 15.2. The Morgan fingerprint density at radius 2 is 0.697 bits per heavy atom. The Morgan fingerprint density at radius 3 is 1.22 bits per heavy atom. The van der Waals surface area contributed by atoms with Gasteiger partial charge in [0.15, 0.2) is 17.5 Å². The average molecular weight is 1000 g/mol. The SMILES string of the molecule is c1ccc(-c2nc(-c3ccccc3)nc(-c3cc(-c4cccc5sc6cc7c(cc6c45)c4ccccc4n7-c4ccccc4)ccc3-c3cccc4sc5cc6c(cc5c34)c3ccccc3n6-c3ccccc3)n2)cc1. The van der Waals surface area contributed by atoms with Gasteiger partial charge in [-0.25, -0.2) is 15.0 Å². The van der Waals surface area contributed by atoms with E-state index in [4.69, 9.17) is 15.0 Å². The molecule has 0 radical (unpaired) electrons. The smallest absolute Gasteiger partial charge is 0.164 e. The Balaban J connectivity index is 0.961. The van der Waals surface area contributed by atoms with E-state index in [0.29, 0.717) is 17.5 Å². The molecule has 0 bridgehead atoms. The van der Waals surface area contributed by atoms with E-state index < -0.39 is 0 Å². The first-order chi connectivity index (χ1) is 37.7. The summed E-state index contributed by atoms with van der Waals surface area (Å²) >= 11 is 3.71. The van der Waals surface area contributed by atoms with E-state index >= 15 is 0 Å². The Bertz CT molecular complexity index is 4920. The molecule has 16 rings (SSSR count). The predicted octanol–water partition coefficient (Wildman–Crippen LogP) is 19.1. The molecule has 7 heteroatoms. The summed E-state index contributed by atoms with van der Waals surface area (Å²) in [7, 11) is 0. The first-order valence-electron chi connectivity index (χ1n) is 25.6. The molecule has 11 aromatic carbocycles. The van der Waals surface area contributed by atoms with Crippen LogP contribution in [0.3, 0.4) is 0 Å². The lowest BCUT2D eigenvalue weighted by molar-refractivity contribution is 1.07.